The molecule has 1 aliphatic heterocycles. The van der Waals surface area contributed by atoms with E-state index in [1.165, 1.54) is 0 Å². The lowest BCUT2D eigenvalue weighted by Gasteiger charge is -2.20. The lowest BCUT2D eigenvalue weighted by atomic mass is 10.0. The SMILES string of the molecule is C[C@@H](OC(=O)c1c2c(nc3ccccc13)CCC2)C(=O)Nc1ccc2c(c1)OCCO2. The Balaban J connectivity index is 1.35. The van der Waals surface area contributed by atoms with Crippen LogP contribution in [-0.2, 0) is 22.4 Å². The van der Waals surface area contributed by atoms with Crippen LogP contribution < -0.4 is 14.8 Å². The highest BCUT2D eigenvalue weighted by Crippen LogP contribution is 2.33. The van der Waals surface area contributed by atoms with E-state index in [9.17, 15) is 9.59 Å². The summed E-state index contributed by atoms with van der Waals surface area (Å²) < 4.78 is 16.6. The molecule has 0 saturated heterocycles. The summed E-state index contributed by atoms with van der Waals surface area (Å²) in [5.74, 6) is 0.302. The van der Waals surface area contributed by atoms with Crippen LogP contribution in [0.25, 0.3) is 10.9 Å². The topological polar surface area (TPSA) is 86.8 Å². The number of hydrogen-bond acceptors (Lipinski definition) is 6. The number of carbonyl (C=O) groups is 2. The van der Waals surface area contributed by atoms with Crippen molar-refractivity contribution in [3.8, 4) is 11.5 Å². The number of pyridine rings is 1. The quantitative estimate of drug-likeness (QED) is 0.651. The van der Waals surface area contributed by atoms with Crippen LogP contribution >= 0.6 is 0 Å². The third-order valence-electron chi connectivity index (χ3n) is 5.59. The van der Waals surface area contributed by atoms with Gasteiger partial charge in [0.2, 0.25) is 0 Å². The van der Waals surface area contributed by atoms with E-state index in [4.69, 9.17) is 19.2 Å². The minimum absolute atomic E-state index is 0.417. The molecule has 3 aromatic rings. The van der Waals surface area contributed by atoms with Crippen LogP contribution in [-0.4, -0.2) is 36.2 Å². The average molecular weight is 418 g/mol. The minimum Gasteiger partial charge on any atom is -0.486 e. The fourth-order valence-corrected chi connectivity index (χ4v) is 4.08. The number of esters is 1. The van der Waals surface area contributed by atoms with Gasteiger partial charge in [0.25, 0.3) is 5.91 Å². The zero-order chi connectivity index (χ0) is 21.4. The zero-order valence-corrected chi connectivity index (χ0v) is 17.1. The summed E-state index contributed by atoms with van der Waals surface area (Å²) in [7, 11) is 0. The summed E-state index contributed by atoms with van der Waals surface area (Å²) in [6.07, 6.45) is 1.62. The molecule has 5 rings (SSSR count). The van der Waals surface area contributed by atoms with Crippen LogP contribution in [0.1, 0.15) is 35.0 Å². The molecule has 7 heteroatoms. The summed E-state index contributed by atoms with van der Waals surface area (Å²) in [5, 5.41) is 3.53. The lowest BCUT2D eigenvalue weighted by molar-refractivity contribution is -0.123. The molecule has 2 heterocycles. The Morgan fingerprint density at radius 3 is 2.74 bits per heavy atom. The molecule has 1 aliphatic carbocycles. The molecular formula is C24H22N2O5. The fourth-order valence-electron chi connectivity index (χ4n) is 4.08. The number of fused-ring (bicyclic) bond motifs is 3. The molecule has 0 bridgehead atoms. The predicted octanol–water partition coefficient (Wildman–Crippen LogP) is 3.68. The standard InChI is InChI=1S/C24H22N2O5/c1-14(23(27)25-15-9-10-20-21(13-15)30-12-11-29-20)31-24(28)22-16-5-2-3-7-18(16)26-19-8-4-6-17(19)22/h2-3,5,7,9-10,13-14H,4,6,8,11-12H2,1H3,(H,25,27)/t14-/m1/s1. The van der Waals surface area contributed by atoms with Crippen LogP contribution in [0, 0.1) is 0 Å². The molecule has 31 heavy (non-hydrogen) atoms. The third kappa shape index (κ3) is 3.67. The Hall–Kier alpha value is -3.61. The van der Waals surface area contributed by atoms with E-state index in [1.807, 2.05) is 24.3 Å². The molecule has 0 radical (unpaired) electrons. The van der Waals surface area contributed by atoms with Crippen molar-refractivity contribution in [2.24, 2.45) is 0 Å². The third-order valence-corrected chi connectivity index (χ3v) is 5.59. The molecule has 2 aromatic carbocycles. The van der Waals surface area contributed by atoms with Gasteiger partial charge in [-0.2, -0.15) is 0 Å². The summed E-state index contributed by atoms with van der Waals surface area (Å²) >= 11 is 0. The first-order valence-electron chi connectivity index (χ1n) is 10.4. The Kier molecular flexibility index (Phi) is 4.94. The maximum Gasteiger partial charge on any atom is 0.339 e. The highest BCUT2D eigenvalue weighted by molar-refractivity contribution is 6.06. The number of nitrogens with one attached hydrogen (secondary N) is 1. The van der Waals surface area contributed by atoms with Gasteiger partial charge in [-0.15, -0.1) is 0 Å². The number of carbonyl (C=O) groups excluding carboxylic acids is 2. The molecular weight excluding hydrogens is 396 g/mol. The first kappa shape index (κ1) is 19.4. The van der Waals surface area contributed by atoms with Gasteiger partial charge in [0.1, 0.15) is 13.2 Å². The average Bonchev–Trinajstić information content (AvgIpc) is 3.25. The highest BCUT2D eigenvalue weighted by atomic mass is 16.6. The van der Waals surface area contributed by atoms with E-state index in [1.54, 1.807) is 25.1 Å². The number of rotatable bonds is 4. The number of nitrogens with zero attached hydrogens (tertiary/aromatic N) is 1. The van der Waals surface area contributed by atoms with Gasteiger partial charge < -0.3 is 19.5 Å². The summed E-state index contributed by atoms with van der Waals surface area (Å²) in [4.78, 5) is 30.5. The number of ether oxygens (including phenoxy) is 3. The molecule has 1 amide bonds. The van der Waals surface area contributed by atoms with Gasteiger partial charge >= 0.3 is 5.97 Å². The van der Waals surface area contributed by atoms with E-state index in [0.29, 0.717) is 36.0 Å². The van der Waals surface area contributed by atoms with Crippen molar-refractivity contribution in [2.45, 2.75) is 32.3 Å². The Bertz CT molecular complexity index is 1190. The van der Waals surface area contributed by atoms with Crippen molar-refractivity contribution in [1.82, 2.24) is 4.98 Å². The largest absolute Gasteiger partial charge is 0.486 e. The first-order chi connectivity index (χ1) is 15.1. The summed E-state index contributed by atoms with van der Waals surface area (Å²) in [6.45, 7) is 2.52. The zero-order valence-electron chi connectivity index (χ0n) is 17.1. The smallest absolute Gasteiger partial charge is 0.339 e. The molecule has 0 saturated carbocycles. The van der Waals surface area contributed by atoms with Gasteiger partial charge in [0.05, 0.1) is 11.1 Å². The van der Waals surface area contributed by atoms with E-state index in [2.05, 4.69) is 5.32 Å². The second-order valence-electron chi connectivity index (χ2n) is 7.68. The van der Waals surface area contributed by atoms with Crippen LogP contribution in [0.4, 0.5) is 5.69 Å². The van der Waals surface area contributed by atoms with Gasteiger partial charge in [-0.05, 0) is 49.9 Å². The van der Waals surface area contributed by atoms with E-state index in [-0.39, 0.29) is 0 Å². The molecule has 2 aliphatic rings. The first-order valence-corrected chi connectivity index (χ1v) is 10.4. The van der Waals surface area contributed by atoms with Gasteiger partial charge in [-0.1, -0.05) is 18.2 Å². The Labute approximate surface area is 179 Å². The molecule has 1 aromatic heterocycles. The second kappa shape index (κ2) is 7.91. The second-order valence-corrected chi connectivity index (χ2v) is 7.68. The van der Waals surface area contributed by atoms with E-state index < -0.39 is 18.0 Å². The number of aryl methyl sites for hydroxylation is 1. The van der Waals surface area contributed by atoms with Crippen molar-refractivity contribution in [2.75, 3.05) is 18.5 Å². The number of anilines is 1. The normalized spacial score (nSPS) is 15.3. The molecule has 0 fully saturated rings. The van der Waals surface area contributed by atoms with Gasteiger partial charge in [0.15, 0.2) is 17.6 Å². The van der Waals surface area contributed by atoms with Gasteiger partial charge in [0, 0.05) is 22.8 Å². The Morgan fingerprint density at radius 2 is 1.87 bits per heavy atom. The minimum atomic E-state index is -0.968. The fraction of sp³-hybridized carbons (Fsp3) is 0.292. The van der Waals surface area contributed by atoms with Crippen LogP contribution in [0.3, 0.4) is 0 Å². The van der Waals surface area contributed by atoms with Crippen molar-refractivity contribution in [3.63, 3.8) is 0 Å². The highest BCUT2D eigenvalue weighted by Gasteiger charge is 2.27. The van der Waals surface area contributed by atoms with Crippen LogP contribution in [0.15, 0.2) is 42.5 Å². The molecule has 158 valence electrons. The monoisotopic (exact) mass is 418 g/mol. The molecule has 1 N–H and O–H groups in total. The van der Waals surface area contributed by atoms with Crippen molar-refractivity contribution < 1.29 is 23.8 Å². The number of aromatic nitrogens is 1. The molecule has 0 unspecified atom stereocenters. The lowest BCUT2D eigenvalue weighted by Crippen LogP contribution is -2.30. The summed E-state index contributed by atoms with van der Waals surface area (Å²) in [6, 6.07) is 12.7. The Morgan fingerprint density at radius 1 is 1.06 bits per heavy atom. The van der Waals surface area contributed by atoms with Crippen LogP contribution in [0.5, 0.6) is 11.5 Å². The summed E-state index contributed by atoms with van der Waals surface area (Å²) in [5.41, 5.74) is 3.72. The van der Waals surface area contributed by atoms with Crippen LogP contribution in [0.2, 0.25) is 0 Å². The van der Waals surface area contributed by atoms with E-state index >= 15 is 0 Å². The molecule has 7 nitrogen and oxygen atoms in total. The number of benzene rings is 2. The molecule has 0 spiro atoms. The van der Waals surface area contributed by atoms with Crippen molar-refractivity contribution in [1.29, 1.82) is 0 Å². The van der Waals surface area contributed by atoms with Gasteiger partial charge in [-0.25, -0.2) is 4.79 Å². The number of para-hydroxylation sites is 1. The number of hydrogen-bond donors (Lipinski definition) is 1. The predicted molar refractivity (Wildman–Crippen MR) is 115 cm³/mol. The van der Waals surface area contributed by atoms with Gasteiger partial charge in [-0.3, -0.25) is 9.78 Å². The van der Waals surface area contributed by atoms with E-state index in [0.717, 1.165) is 41.4 Å². The number of amides is 1. The maximum absolute atomic E-state index is 13.1. The molecule has 1 atom stereocenters. The van der Waals surface area contributed by atoms with Crippen molar-refractivity contribution >= 4 is 28.5 Å². The maximum atomic E-state index is 13.1. The van der Waals surface area contributed by atoms with Crippen molar-refractivity contribution in [3.05, 3.63) is 59.3 Å².